The van der Waals surface area contributed by atoms with E-state index < -0.39 is 62.9 Å². The number of hydrogen-bond acceptors (Lipinski definition) is 9. The smallest absolute Gasteiger partial charge is 0.339 e. The number of fused-ring (bicyclic) bond motifs is 2. The Morgan fingerprint density at radius 1 is 1.00 bits per heavy atom. The van der Waals surface area contributed by atoms with Crippen molar-refractivity contribution >= 4 is 107 Å². The molecule has 2 bridgehead atoms. The fourth-order valence-corrected chi connectivity index (χ4v) is 9.15. The molecule has 3 aliphatic rings. The number of carbonyl (C=O) groups excluding carboxylic acids is 3. The molecule has 6 atom stereocenters. The van der Waals surface area contributed by atoms with Crippen molar-refractivity contribution in [3.63, 3.8) is 0 Å². The van der Waals surface area contributed by atoms with E-state index in [9.17, 15) is 27.4 Å². The largest absolute Gasteiger partial charge is 0.744 e. The van der Waals surface area contributed by atoms with Crippen LogP contribution < -0.4 is 4.74 Å². The Hall–Kier alpha value is -1.57. The third kappa shape index (κ3) is 4.64. The lowest BCUT2D eigenvalue weighted by Crippen LogP contribution is -2.44. The van der Waals surface area contributed by atoms with Gasteiger partial charge in [-0.2, -0.15) is 0 Å². The Kier molecular flexibility index (Phi) is 7.12. The second-order valence-electron chi connectivity index (χ2n) is 9.62. The molecule has 9 nitrogen and oxygen atoms in total. The monoisotopic (exact) mass is 885 g/mol. The molecule has 6 rings (SSSR count). The second-order valence-corrected chi connectivity index (χ2v) is 14.5. The van der Waals surface area contributed by atoms with Crippen LogP contribution in [-0.4, -0.2) is 43.1 Å². The van der Waals surface area contributed by atoms with Crippen LogP contribution in [0.15, 0.2) is 53.4 Å². The number of carbonyl (C=O) groups is 3. The Balaban J connectivity index is 1.30. The first kappa shape index (κ1) is 27.6. The van der Waals surface area contributed by atoms with Crippen LogP contribution in [0.5, 0.6) is 5.75 Å². The van der Waals surface area contributed by atoms with Gasteiger partial charge in [0.25, 0.3) is 0 Å². The topological polar surface area (TPSA) is 136 Å². The maximum atomic E-state index is 13.6. The summed E-state index contributed by atoms with van der Waals surface area (Å²) in [6, 6.07) is 12.2. The molecule has 0 spiro atoms. The number of halogens is 3. The highest BCUT2D eigenvalue weighted by Gasteiger charge is 2.70. The van der Waals surface area contributed by atoms with E-state index in [2.05, 4.69) is 67.8 Å². The summed E-state index contributed by atoms with van der Waals surface area (Å²) >= 11 is 6.35. The summed E-state index contributed by atoms with van der Waals surface area (Å²) in [6.07, 6.45) is -0.963. The molecule has 13 heteroatoms. The zero-order chi connectivity index (χ0) is 27.8. The van der Waals surface area contributed by atoms with E-state index in [4.69, 9.17) is 14.2 Å². The third-order valence-corrected chi connectivity index (χ3v) is 12.2. The standard InChI is InChI=1S/C26H17I3O9S/c27-10-7-15(21(29)16(28)8-10)24(30)37-22-13-9-14-20(26(32)38-23(14)22)19(13)25(31)36-17-5-6-18(39(33,34)35)12-4-2-1-3-11(12)17/h1-8,13-14,19-20,22-23H,9H2,(H,33,34,35)/p-1. The summed E-state index contributed by atoms with van der Waals surface area (Å²) in [5, 5.41) is 0.392. The van der Waals surface area contributed by atoms with Gasteiger partial charge in [-0.05, 0) is 98.5 Å². The van der Waals surface area contributed by atoms with Crippen molar-refractivity contribution < 1.29 is 41.6 Å². The van der Waals surface area contributed by atoms with Gasteiger partial charge in [0, 0.05) is 33.3 Å². The number of esters is 3. The summed E-state index contributed by atoms with van der Waals surface area (Å²) in [4.78, 5) is 39.1. The van der Waals surface area contributed by atoms with Gasteiger partial charge >= 0.3 is 17.9 Å². The van der Waals surface area contributed by atoms with Crippen molar-refractivity contribution in [3.05, 3.63) is 64.8 Å². The minimum Gasteiger partial charge on any atom is -0.744 e. The second kappa shape index (κ2) is 10.1. The van der Waals surface area contributed by atoms with Gasteiger partial charge < -0.3 is 18.8 Å². The van der Waals surface area contributed by atoms with Crippen molar-refractivity contribution in [2.24, 2.45) is 23.7 Å². The van der Waals surface area contributed by atoms with Gasteiger partial charge in [-0.25, -0.2) is 13.2 Å². The van der Waals surface area contributed by atoms with Gasteiger partial charge in [0.05, 0.1) is 22.3 Å². The van der Waals surface area contributed by atoms with Crippen LogP contribution in [0.4, 0.5) is 0 Å². The van der Waals surface area contributed by atoms with Crippen LogP contribution in [-0.2, 0) is 29.2 Å². The molecule has 0 N–H and O–H groups in total. The molecule has 0 aromatic heterocycles. The maximum absolute atomic E-state index is 13.6. The van der Waals surface area contributed by atoms with Gasteiger partial charge in [0.2, 0.25) is 0 Å². The summed E-state index contributed by atoms with van der Waals surface area (Å²) < 4.78 is 54.9. The minimum absolute atomic E-state index is 0.0604. The summed E-state index contributed by atoms with van der Waals surface area (Å²) in [6.45, 7) is 0. The summed E-state index contributed by atoms with van der Waals surface area (Å²) in [5.74, 6) is -4.11. The molecule has 0 amide bonds. The summed E-state index contributed by atoms with van der Waals surface area (Å²) in [7, 11) is -4.76. The molecule has 6 unspecified atom stereocenters. The molecule has 39 heavy (non-hydrogen) atoms. The molecule has 2 saturated carbocycles. The summed E-state index contributed by atoms with van der Waals surface area (Å²) in [5.41, 5.74) is 0.398. The molecule has 3 fully saturated rings. The fraction of sp³-hybridized carbons (Fsp3) is 0.269. The van der Waals surface area contributed by atoms with Crippen molar-refractivity contribution in [2.45, 2.75) is 23.5 Å². The van der Waals surface area contributed by atoms with Gasteiger partial charge in [0.1, 0.15) is 28.1 Å². The van der Waals surface area contributed by atoms with Crippen LogP contribution in [0.1, 0.15) is 16.8 Å². The lowest BCUT2D eigenvalue weighted by molar-refractivity contribution is -0.149. The quantitative estimate of drug-likeness (QED) is 0.119. The highest BCUT2D eigenvalue weighted by molar-refractivity contribution is 14.1. The maximum Gasteiger partial charge on any atom is 0.339 e. The number of hydrogen-bond donors (Lipinski definition) is 0. The van der Waals surface area contributed by atoms with Gasteiger partial charge in [-0.1, -0.05) is 24.3 Å². The normalized spacial score (nSPS) is 27.0. The van der Waals surface area contributed by atoms with Crippen LogP contribution >= 0.6 is 67.8 Å². The Bertz CT molecular complexity index is 1690. The Morgan fingerprint density at radius 3 is 2.44 bits per heavy atom. The Morgan fingerprint density at radius 2 is 1.72 bits per heavy atom. The Labute approximate surface area is 263 Å². The first-order valence-electron chi connectivity index (χ1n) is 11.7. The fourth-order valence-electron chi connectivity index (χ4n) is 6.09. The molecule has 1 saturated heterocycles. The predicted molar refractivity (Wildman–Crippen MR) is 160 cm³/mol. The third-order valence-electron chi connectivity index (χ3n) is 7.60. The molecule has 3 aromatic rings. The first-order chi connectivity index (χ1) is 18.5. The molecular formula is C26H16I3O9S-. The number of benzene rings is 3. The van der Waals surface area contributed by atoms with E-state index in [-0.39, 0.29) is 22.4 Å². The predicted octanol–water partition coefficient (Wildman–Crippen LogP) is 4.50. The molecule has 2 aliphatic carbocycles. The SMILES string of the molecule is O=C(OC1C2CC3C1OC(=O)C3C2C(=O)Oc1ccc(S(=O)(=O)[O-])c2ccccc12)c1cc(I)cc(I)c1I. The van der Waals surface area contributed by atoms with Crippen LogP contribution in [0.25, 0.3) is 10.8 Å². The van der Waals surface area contributed by atoms with Crippen molar-refractivity contribution in [1.82, 2.24) is 0 Å². The first-order valence-corrected chi connectivity index (χ1v) is 16.4. The highest BCUT2D eigenvalue weighted by atomic mass is 127. The van der Waals surface area contributed by atoms with E-state index in [0.29, 0.717) is 12.0 Å². The molecule has 1 aliphatic heterocycles. The van der Waals surface area contributed by atoms with E-state index >= 15 is 0 Å². The zero-order valence-electron chi connectivity index (χ0n) is 19.5. The lowest BCUT2D eigenvalue weighted by atomic mass is 9.78. The average molecular weight is 885 g/mol. The lowest BCUT2D eigenvalue weighted by Gasteiger charge is -2.30. The molecular weight excluding hydrogens is 869 g/mol. The van der Waals surface area contributed by atoms with E-state index in [0.717, 1.165) is 16.8 Å². The molecule has 1 heterocycles. The van der Waals surface area contributed by atoms with E-state index in [1.54, 1.807) is 24.3 Å². The van der Waals surface area contributed by atoms with Gasteiger partial charge in [0.15, 0.2) is 0 Å². The number of rotatable bonds is 5. The van der Waals surface area contributed by atoms with Crippen LogP contribution in [0, 0.1) is 34.4 Å². The highest BCUT2D eigenvalue weighted by Crippen LogP contribution is 2.59. The molecule has 3 aromatic carbocycles. The van der Waals surface area contributed by atoms with Crippen molar-refractivity contribution in [2.75, 3.05) is 0 Å². The van der Waals surface area contributed by atoms with Crippen LogP contribution in [0.3, 0.4) is 0 Å². The number of ether oxygens (including phenoxy) is 3. The minimum atomic E-state index is -4.76. The molecule has 202 valence electrons. The zero-order valence-corrected chi connectivity index (χ0v) is 26.8. The van der Waals surface area contributed by atoms with Crippen LogP contribution in [0.2, 0.25) is 0 Å². The van der Waals surface area contributed by atoms with Crippen molar-refractivity contribution in [3.8, 4) is 5.75 Å². The average Bonchev–Trinajstić information content (AvgIpc) is 3.49. The van der Waals surface area contributed by atoms with Crippen molar-refractivity contribution in [1.29, 1.82) is 0 Å². The van der Waals surface area contributed by atoms with E-state index in [1.165, 1.54) is 12.1 Å². The van der Waals surface area contributed by atoms with E-state index in [1.807, 2.05) is 6.07 Å². The van der Waals surface area contributed by atoms with Gasteiger partial charge in [-0.15, -0.1) is 0 Å². The van der Waals surface area contributed by atoms with Gasteiger partial charge in [-0.3, -0.25) is 9.59 Å². The molecule has 0 radical (unpaired) electrons.